The first kappa shape index (κ1) is 13.8. The lowest BCUT2D eigenvalue weighted by atomic mass is 10.3. The van der Waals surface area contributed by atoms with Crippen molar-refractivity contribution in [2.45, 2.75) is 19.9 Å². The van der Waals surface area contributed by atoms with Crippen LogP contribution in [0.5, 0.6) is 0 Å². The predicted molar refractivity (Wildman–Crippen MR) is 74.8 cm³/mol. The summed E-state index contributed by atoms with van der Waals surface area (Å²) in [5, 5.41) is 10.8. The minimum absolute atomic E-state index is 0.0873. The summed E-state index contributed by atoms with van der Waals surface area (Å²) in [6.07, 6.45) is 4.22. The van der Waals surface area contributed by atoms with E-state index >= 15 is 0 Å². The lowest BCUT2D eigenvalue weighted by Gasteiger charge is -2.06. The van der Waals surface area contributed by atoms with Crippen molar-refractivity contribution in [1.29, 1.82) is 0 Å². The fourth-order valence-corrected chi connectivity index (χ4v) is 2.39. The van der Waals surface area contributed by atoms with Gasteiger partial charge in [-0.3, -0.25) is 4.79 Å². The second-order valence-corrected chi connectivity index (χ2v) is 5.11. The lowest BCUT2D eigenvalue weighted by molar-refractivity contribution is 0.0946. The van der Waals surface area contributed by atoms with Crippen molar-refractivity contribution in [3.05, 3.63) is 34.6 Å². The molecule has 2 rings (SSSR count). The third-order valence-electron chi connectivity index (χ3n) is 2.87. The third kappa shape index (κ3) is 3.23. The second-order valence-electron chi connectivity index (χ2n) is 4.19. The summed E-state index contributed by atoms with van der Waals surface area (Å²) >= 11 is 3.35. The van der Waals surface area contributed by atoms with Crippen LogP contribution in [-0.2, 0) is 20.0 Å². The van der Waals surface area contributed by atoms with Gasteiger partial charge in [0.2, 0.25) is 0 Å². The molecule has 2 aromatic rings. The average Bonchev–Trinajstić information content (AvgIpc) is 2.95. The number of nitrogens with one attached hydrogen (secondary N) is 1. The Morgan fingerprint density at radius 2 is 2.32 bits per heavy atom. The molecule has 0 saturated carbocycles. The van der Waals surface area contributed by atoms with Crippen molar-refractivity contribution in [2.75, 3.05) is 6.54 Å². The van der Waals surface area contributed by atoms with E-state index in [1.165, 1.54) is 0 Å². The maximum Gasteiger partial charge on any atom is 0.267 e. The highest BCUT2D eigenvalue weighted by Crippen LogP contribution is 2.13. The minimum atomic E-state index is -0.0873. The number of amides is 1. The lowest BCUT2D eigenvalue weighted by Crippen LogP contribution is -2.28. The molecule has 2 heterocycles. The van der Waals surface area contributed by atoms with Gasteiger partial charge in [0.15, 0.2) is 0 Å². The van der Waals surface area contributed by atoms with Crippen LogP contribution in [0, 0.1) is 0 Å². The summed E-state index contributed by atoms with van der Waals surface area (Å²) < 4.78 is 4.64. The quantitative estimate of drug-likeness (QED) is 0.903. The number of carbonyl (C=O) groups is 1. The van der Waals surface area contributed by atoms with Gasteiger partial charge in [-0.1, -0.05) is 0 Å². The molecule has 0 unspecified atom stereocenters. The normalized spacial score (nSPS) is 10.7. The third-order valence-corrected chi connectivity index (χ3v) is 3.31. The van der Waals surface area contributed by atoms with Crippen LogP contribution in [0.15, 0.2) is 23.1 Å². The Labute approximate surface area is 120 Å². The van der Waals surface area contributed by atoms with E-state index in [-0.39, 0.29) is 5.91 Å². The molecule has 102 valence electrons. The largest absolute Gasteiger partial charge is 0.350 e. The van der Waals surface area contributed by atoms with E-state index in [0.717, 1.165) is 16.8 Å². The zero-order chi connectivity index (χ0) is 13.8. The molecular weight excluding hydrogens is 310 g/mol. The van der Waals surface area contributed by atoms with Gasteiger partial charge in [0, 0.05) is 37.2 Å². The number of aryl methyl sites for hydroxylation is 2. The molecular formula is C12H16BrN5O. The Kier molecular flexibility index (Phi) is 4.36. The highest BCUT2D eigenvalue weighted by atomic mass is 79.9. The number of hydrogen-bond acceptors (Lipinski definition) is 3. The van der Waals surface area contributed by atoms with Crippen LogP contribution in [0.25, 0.3) is 0 Å². The molecule has 0 saturated heterocycles. The fourth-order valence-electron chi connectivity index (χ4n) is 1.87. The van der Waals surface area contributed by atoms with Crippen molar-refractivity contribution in [3.8, 4) is 0 Å². The first-order valence-corrected chi connectivity index (χ1v) is 6.88. The smallest absolute Gasteiger partial charge is 0.267 e. The van der Waals surface area contributed by atoms with E-state index in [4.69, 9.17) is 0 Å². The molecule has 0 bridgehead atoms. The topological polar surface area (TPSA) is 64.7 Å². The van der Waals surface area contributed by atoms with Crippen molar-refractivity contribution in [2.24, 2.45) is 7.05 Å². The molecule has 7 heteroatoms. The van der Waals surface area contributed by atoms with Gasteiger partial charge in [-0.15, -0.1) is 10.2 Å². The highest BCUT2D eigenvalue weighted by Gasteiger charge is 2.11. The minimum Gasteiger partial charge on any atom is -0.350 e. The van der Waals surface area contributed by atoms with Gasteiger partial charge in [0.1, 0.15) is 17.8 Å². The van der Waals surface area contributed by atoms with Crippen molar-refractivity contribution in [1.82, 2.24) is 24.6 Å². The Balaban J connectivity index is 1.89. The predicted octanol–water partition coefficient (Wildman–Crippen LogP) is 1.37. The first-order chi connectivity index (χ1) is 9.11. The zero-order valence-electron chi connectivity index (χ0n) is 10.9. The summed E-state index contributed by atoms with van der Waals surface area (Å²) in [6, 6.07) is 1.80. The molecule has 0 fully saturated rings. The molecule has 19 heavy (non-hydrogen) atoms. The van der Waals surface area contributed by atoms with Gasteiger partial charge in [0.05, 0.1) is 0 Å². The van der Waals surface area contributed by atoms with Crippen LogP contribution < -0.4 is 5.32 Å². The van der Waals surface area contributed by atoms with Crippen LogP contribution in [-0.4, -0.2) is 31.8 Å². The van der Waals surface area contributed by atoms with E-state index in [1.54, 1.807) is 17.0 Å². The molecule has 0 spiro atoms. The van der Waals surface area contributed by atoms with E-state index in [9.17, 15) is 4.79 Å². The Morgan fingerprint density at radius 1 is 1.53 bits per heavy atom. The van der Waals surface area contributed by atoms with Crippen molar-refractivity contribution >= 4 is 21.8 Å². The van der Waals surface area contributed by atoms with Gasteiger partial charge in [0.25, 0.3) is 5.91 Å². The number of hydrogen-bond donors (Lipinski definition) is 1. The fraction of sp³-hybridized carbons (Fsp3) is 0.417. The number of halogens is 1. The number of carbonyl (C=O) groups excluding carboxylic acids is 1. The van der Waals surface area contributed by atoms with Crippen molar-refractivity contribution in [3.63, 3.8) is 0 Å². The van der Waals surface area contributed by atoms with Gasteiger partial charge in [-0.05, 0) is 28.9 Å². The summed E-state index contributed by atoms with van der Waals surface area (Å²) in [6.45, 7) is 3.41. The Morgan fingerprint density at radius 3 is 2.95 bits per heavy atom. The molecule has 0 aromatic carbocycles. The number of nitrogens with zero attached hydrogens (tertiary/aromatic N) is 4. The SMILES string of the molecule is CCn1cnnc1CCNC(=O)c1cc(Br)cn1C. The van der Waals surface area contributed by atoms with Gasteiger partial charge >= 0.3 is 0 Å². The van der Waals surface area contributed by atoms with Crippen molar-refractivity contribution < 1.29 is 4.79 Å². The van der Waals surface area contributed by atoms with Gasteiger partial charge in [-0.25, -0.2) is 0 Å². The van der Waals surface area contributed by atoms with E-state index < -0.39 is 0 Å². The molecule has 0 aliphatic rings. The average molecular weight is 326 g/mol. The molecule has 2 aromatic heterocycles. The molecule has 0 radical (unpaired) electrons. The van der Waals surface area contributed by atoms with E-state index in [0.29, 0.717) is 18.7 Å². The zero-order valence-corrected chi connectivity index (χ0v) is 12.5. The van der Waals surface area contributed by atoms with Crippen LogP contribution in [0.2, 0.25) is 0 Å². The Bertz CT molecular complexity index is 574. The van der Waals surface area contributed by atoms with Crippen LogP contribution in [0.3, 0.4) is 0 Å². The monoisotopic (exact) mass is 325 g/mol. The summed E-state index contributed by atoms with van der Waals surface area (Å²) in [5.41, 5.74) is 0.629. The molecule has 0 atom stereocenters. The molecule has 1 amide bonds. The van der Waals surface area contributed by atoms with Crippen LogP contribution in [0.4, 0.5) is 0 Å². The standard InChI is InChI=1S/C12H16BrN5O/c1-3-18-8-15-16-11(18)4-5-14-12(19)10-6-9(13)7-17(10)2/h6-8H,3-5H2,1-2H3,(H,14,19). The van der Waals surface area contributed by atoms with Crippen LogP contribution in [0.1, 0.15) is 23.2 Å². The molecule has 1 N–H and O–H groups in total. The number of rotatable bonds is 5. The summed E-state index contributed by atoms with van der Waals surface area (Å²) in [4.78, 5) is 12.0. The first-order valence-electron chi connectivity index (χ1n) is 6.08. The highest BCUT2D eigenvalue weighted by molar-refractivity contribution is 9.10. The van der Waals surface area contributed by atoms with Gasteiger partial charge in [-0.2, -0.15) is 0 Å². The maximum absolute atomic E-state index is 12.0. The molecule has 0 aliphatic carbocycles. The second kappa shape index (κ2) is 6.01. The van der Waals surface area contributed by atoms with E-state index in [1.807, 2.05) is 24.7 Å². The summed E-state index contributed by atoms with van der Waals surface area (Å²) in [7, 11) is 1.84. The molecule has 0 aliphatic heterocycles. The Hall–Kier alpha value is -1.63. The summed E-state index contributed by atoms with van der Waals surface area (Å²) in [5.74, 6) is 0.798. The van der Waals surface area contributed by atoms with Crippen LogP contribution >= 0.6 is 15.9 Å². The van der Waals surface area contributed by atoms with Gasteiger partial charge < -0.3 is 14.5 Å². The maximum atomic E-state index is 12.0. The number of aromatic nitrogens is 4. The molecule has 6 nitrogen and oxygen atoms in total. The van der Waals surface area contributed by atoms with E-state index in [2.05, 4.69) is 31.4 Å².